The second-order valence-electron chi connectivity index (χ2n) is 5.28. The van der Waals surface area contributed by atoms with Gasteiger partial charge in [0.1, 0.15) is 11.3 Å². The first-order valence-corrected chi connectivity index (χ1v) is 8.17. The van der Waals surface area contributed by atoms with Gasteiger partial charge in [-0.3, -0.25) is 0 Å². The van der Waals surface area contributed by atoms with E-state index in [9.17, 15) is 13.7 Å². The molecule has 7 heteroatoms. The molecule has 1 saturated heterocycles. The van der Waals surface area contributed by atoms with Gasteiger partial charge >= 0.3 is 0 Å². The van der Waals surface area contributed by atoms with E-state index in [1.807, 2.05) is 7.05 Å². The lowest BCUT2D eigenvalue weighted by Crippen LogP contribution is -2.53. The van der Waals surface area contributed by atoms with Crippen molar-refractivity contribution < 1.29 is 13.2 Å². The predicted octanol–water partition coefficient (Wildman–Crippen LogP) is 0.961. The number of sulfonamides is 1. The van der Waals surface area contributed by atoms with Gasteiger partial charge in [-0.25, -0.2) is 8.42 Å². The Labute approximate surface area is 125 Å². The number of ether oxygens (including phenoxy) is 1. The van der Waals surface area contributed by atoms with Gasteiger partial charge in [0.25, 0.3) is 0 Å². The van der Waals surface area contributed by atoms with Gasteiger partial charge in [0.2, 0.25) is 10.0 Å². The molecule has 0 atom stereocenters. The highest BCUT2D eigenvalue weighted by Crippen LogP contribution is 2.24. The summed E-state index contributed by atoms with van der Waals surface area (Å²) in [5.41, 5.74) is -1.02. The van der Waals surface area contributed by atoms with Crippen LogP contribution in [-0.2, 0) is 10.0 Å². The zero-order valence-corrected chi connectivity index (χ0v) is 13.0. The van der Waals surface area contributed by atoms with Crippen LogP contribution < -0.4 is 9.46 Å². The normalized spacial score (nSPS) is 18.9. The van der Waals surface area contributed by atoms with E-state index in [4.69, 9.17) is 4.74 Å². The van der Waals surface area contributed by atoms with Crippen molar-refractivity contribution in [3.05, 3.63) is 24.3 Å². The average molecular weight is 309 g/mol. The van der Waals surface area contributed by atoms with Gasteiger partial charge < -0.3 is 9.64 Å². The van der Waals surface area contributed by atoms with Crippen molar-refractivity contribution in [3.8, 4) is 11.8 Å². The third-order valence-electron chi connectivity index (χ3n) is 3.75. The maximum Gasteiger partial charge on any atom is 0.241 e. The van der Waals surface area contributed by atoms with Crippen LogP contribution in [0.15, 0.2) is 29.2 Å². The third kappa shape index (κ3) is 3.53. The summed E-state index contributed by atoms with van der Waals surface area (Å²) in [6.07, 6.45) is 0.963. The lowest BCUT2D eigenvalue weighted by Gasteiger charge is -2.35. The van der Waals surface area contributed by atoms with E-state index >= 15 is 0 Å². The molecule has 1 fully saturated rings. The molecule has 1 aliphatic heterocycles. The van der Waals surface area contributed by atoms with Crippen molar-refractivity contribution in [2.75, 3.05) is 27.2 Å². The van der Waals surface area contributed by atoms with Crippen LogP contribution >= 0.6 is 0 Å². The summed E-state index contributed by atoms with van der Waals surface area (Å²) < 4.78 is 32.4. The summed E-state index contributed by atoms with van der Waals surface area (Å²) in [6.45, 7) is 1.39. The lowest BCUT2D eigenvalue weighted by atomic mass is 9.91. The highest BCUT2D eigenvalue weighted by atomic mass is 32.2. The number of hydrogen-bond acceptors (Lipinski definition) is 5. The summed E-state index contributed by atoms with van der Waals surface area (Å²) in [4.78, 5) is 2.22. The van der Waals surface area contributed by atoms with E-state index < -0.39 is 15.6 Å². The number of benzene rings is 1. The predicted molar refractivity (Wildman–Crippen MR) is 78.4 cm³/mol. The zero-order valence-electron chi connectivity index (χ0n) is 12.2. The molecular formula is C14H19N3O3S. The fourth-order valence-electron chi connectivity index (χ4n) is 2.31. The second-order valence-corrected chi connectivity index (χ2v) is 6.96. The van der Waals surface area contributed by atoms with E-state index in [1.54, 1.807) is 12.1 Å². The molecule has 2 rings (SSSR count). The number of piperidine rings is 1. The largest absolute Gasteiger partial charge is 0.497 e. The number of methoxy groups -OCH3 is 1. The number of likely N-dealkylation sites (tertiary alicyclic amines) is 1. The van der Waals surface area contributed by atoms with Crippen molar-refractivity contribution in [1.29, 1.82) is 5.26 Å². The summed E-state index contributed by atoms with van der Waals surface area (Å²) in [6, 6.07) is 8.26. The standard InChI is InChI=1S/C14H19N3O3S/c1-17-9-7-14(11-15,8-10-17)16-21(18,19)13-5-3-12(20-2)4-6-13/h3-6,16H,7-10H2,1-2H3. The van der Waals surface area contributed by atoms with Crippen LogP contribution in [0, 0.1) is 11.3 Å². The second kappa shape index (κ2) is 6.02. The smallest absolute Gasteiger partial charge is 0.241 e. The minimum absolute atomic E-state index is 0.136. The molecule has 0 unspecified atom stereocenters. The molecule has 0 spiro atoms. The van der Waals surface area contributed by atoms with Gasteiger partial charge in [0, 0.05) is 13.1 Å². The van der Waals surface area contributed by atoms with Crippen LogP contribution in [0.25, 0.3) is 0 Å². The zero-order chi connectivity index (χ0) is 15.5. The molecule has 1 heterocycles. The van der Waals surface area contributed by atoms with Gasteiger partial charge in [0.15, 0.2) is 0 Å². The van der Waals surface area contributed by atoms with Crippen molar-refractivity contribution in [2.24, 2.45) is 0 Å². The Morgan fingerprint density at radius 1 is 1.29 bits per heavy atom. The van der Waals surface area contributed by atoms with Crippen LogP contribution in [0.4, 0.5) is 0 Å². The number of nitriles is 1. The fraction of sp³-hybridized carbons (Fsp3) is 0.500. The van der Waals surface area contributed by atoms with Gasteiger partial charge in [-0.1, -0.05) is 0 Å². The molecule has 1 aliphatic rings. The Balaban J connectivity index is 2.21. The van der Waals surface area contributed by atoms with Gasteiger partial charge in [-0.2, -0.15) is 9.98 Å². The maximum atomic E-state index is 12.4. The fourth-order valence-corrected chi connectivity index (χ4v) is 3.68. The molecule has 0 aliphatic carbocycles. The van der Waals surface area contributed by atoms with Crippen molar-refractivity contribution in [3.63, 3.8) is 0 Å². The Morgan fingerprint density at radius 3 is 2.33 bits per heavy atom. The molecule has 0 radical (unpaired) electrons. The number of rotatable bonds is 4. The number of nitrogens with zero attached hydrogens (tertiary/aromatic N) is 2. The summed E-state index contributed by atoms with van der Waals surface area (Å²) >= 11 is 0. The molecule has 1 aromatic rings. The van der Waals surface area contributed by atoms with E-state index in [0.717, 1.165) is 0 Å². The van der Waals surface area contributed by atoms with Crippen molar-refractivity contribution >= 4 is 10.0 Å². The molecule has 6 nitrogen and oxygen atoms in total. The average Bonchev–Trinajstić information content (AvgIpc) is 2.50. The monoisotopic (exact) mass is 309 g/mol. The third-order valence-corrected chi connectivity index (χ3v) is 5.31. The Hall–Kier alpha value is -1.62. The molecule has 21 heavy (non-hydrogen) atoms. The first kappa shape index (κ1) is 15.8. The Kier molecular flexibility index (Phi) is 4.52. The van der Waals surface area contributed by atoms with Crippen LogP contribution in [-0.4, -0.2) is 46.1 Å². The number of hydrogen-bond donors (Lipinski definition) is 1. The van der Waals surface area contributed by atoms with Crippen LogP contribution in [0.3, 0.4) is 0 Å². The summed E-state index contributed by atoms with van der Waals surface area (Å²) in [5, 5.41) is 9.40. The highest BCUT2D eigenvalue weighted by molar-refractivity contribution is 7.89. The molecular weight excluding hydrogens is 290 g/mol. The molecule has 0 bridgehead atoms. The maximum absolute atomic E-state index is 12.4. The van der Waals surface area contributed by atoms with E-state index in [0.29, 0.717) is 31.7 Å². The van der Waals surface area contributed by atoms with E-state index in [-0.39, 0.29) is 4.90 Å². The number of nitrogens with one attached hydrogen (secondary N) is 1. The lowest BCUT2D eigenvalue weighted by molar-refractivity contribution is 0.213. The minimum atomic E-state index is -3.72. The molecule has 0 saturated carbocycles. The van der Waals surface area contributed by atoms with Crippen molar-refractivity contribution in [1.82, 2.24) is 9.62 Å². The molecule has 1 N–H and O–H groups in total. The molecule has 114 valence electrons. The first-order valence-electron chi connectivity index (χ1n) is 6.69. The van der Waals surface area contributed by atoms with E-state index in [1.165, 1.54) is 19.2 Å². The Morgan fingerprint density at radius 2 is 1.86 bits per heavy atom. The van der Waals surface area contributed by atoms with Gasteiger partial charge in [-0.15, -0.1) is 0 Å². The molecule has 0 aromatic heterocycles. The van der Waals surface area contributed by atoms with Crippen LogP contribution in [0.5, 0.6) is 5.75 Å². The first-order chi connectivity index (χ1) is 9.91. The SMILES string of the molecule is COc1ccc(S(=O)(=O)NC2(C#N)CCN(C)CC2)cc1. The Bertz CT molecular complexity index is 626. The quantitative estimate of drug-likeness (QED) is 0.896. The minimum Gasteiger partial charge on any atom is -0.497 e. The molecule has 1 aromatic carbocycles. The summed E-state index contributed by atoms with van der Waals surface area (Å²) in [7, 11) is -0.243. The summed E-state index contributed by atoms with van der Waals surface area (Å²) in [5.74, 6) is 0.586. The topological polar surface area (TPSA) is 82.4 Å². The van der Waals surface area contributed by atoms with Gasteiger partial charge in [-0.05, 0) is 44.2 Å². The molecule has 0 amide bonds. The van der Waals surface area contributed by atoms with Gasteiger partial charge in [0.05, 0.1) is 18.1 Å². The van der Waals surface area contributed by atoms with Crippen LogP contribution in [0.2, 0.25) is 0 Å². The van der Waals surface area contributed by atoms with Crippen LogP contribution in [0.1, 0.15) is 12.8 Å². The van der Waals surface area contributed by atoms with Crippen molar-refractivity contribution in [2.45, 2.75) is 23.3 Å². The van der Waals surface area contributed by atoms with E-state index in [2.05, 4.69) is 15.7 Å². The highest BCUT2D eigenvalue weighted by Gasteiger charge is 2.38.